The number of hydrogen-bond donors (Lipinski definition) is 1. The van der Waals surface area contributed by atoms with E-state index in [0.717, 1.165) is 16.7 Å². The summed E-state index contributed by atoms with van der Waals surface area (Å²) in [5.41, 5.74) is 1.34. The van der Waals surface area contributed by atoms with E-state index >= 15 is 0 Å². The Morgan fingerprint density at radius 2 is 1.89 bits per heavy atom. The maximum Gasteiger partial charge on any atom is 0.182 e. The SMILES string of the molecule is COc1ccc(-c2nc3c4cccc(OCC(C)(C)O)c4ncn3n2)cc1. The lowest BCUT2D eigenvalue weighted by Gasteiger charge is -2.18. The maximum atomic E-state index is 9.91. The van der Waals surface area contributed by atoms with E-state index in [-0.39, 0.29) is 6.61 Å². The Kier molecular flexibility index (Phi) is 4.16. The second-order valence-electron chi connectivity index (χ2n) is 6.93. The van der Waals surface area contributed by atoms with Crippen LogP contribution in [0.2, 0.25) is 0 Å². The van der Waals surface area contributed by atoms with Gasteiger partial charge in [-0.15, -0.1) is 5.10 Å². The number of aromatic nitrogens is 4. The van der Waals surface area contributed by atoms with Crippen LogP contribution in [-0.2, 0) is 0 Å². The molecule has 2 aromatic heterocycles. The van der Waals surface area contributed by atoms with Crippen molar-refractivity contribution in [2.24, 2.45) is 0 Å². The first-order chi connectivity index (χ1) is 12.9. The third-order valence-electron chi connectivity index (χ3n) is 4.10. The molecule has 27 heavy (non-hydrogen) atoms. The van der Waals surface area contributed by atoms with E-state index in [1.54, 1.807) is 31.8 Å². The van der Waals surface area contributed by atoms with Crippen molar-refractivity contribution >= 4 is 16.6 Å². The van der Waals surface area contributed by atoms with Crippen molar-refractivity contribution in [3.63, 3.8) is 0 Å². The van der Waals surface area contributed by atoms with Crippen LogP contribution in [0.4, 0.5) is 0 Å². The first kappa shape index (κ1) is 17.2. The zero-order valence-electron chi connectivity index (χ0n) is 15.4. The third-order valence-corrected chi connectivity index (χ3v) is 4.10. The Morgan fingerprint density at radius 1 is 1.11 bits per heavy atom. The summed E-state index contributed by atoms with van der Waals surface area (Å²) in [6, 6.07) is 13.2. The number of ether oxygens (including phenoxy) is 2. The molecular formula is C20H20N4O3. The molecule has 4 aromatic rings. The van der Waals surface area contributed by atoms with E-state index in [9.17, 15) is 5.11 Å². The lowest BCUT2D eigenvalue weighted by molar-refractivity contribution is 0.0290. The van der Waals surface area contributed by atoms with Gasteiger partial charge in [0, 0.05) is 10.9 Å². The van der Waals surface area contributed by atoms with Gasteiger partial charge in [-0.05, 0) is 50.2 Å². The lowest BCUT2D eigenvalue weighted by atomic mass is 10.1. The van der Waals surface area contributed by atoms with Crippen LogP contribution in [-0.4, -0.2) is 44.0 Å². The van der Waals surface area contributed by atoms with Crippen LogP contribution in [0, 0.1) is 0 Å². The molecular weight excluding hydrogens is 344 g/mol. The second kappa shape index (κ2) is 6.51. The fourth-order valence-corrected chi connectivity index (χ4v) is 2.77. The Labute approximate surface area is 156 Å². The fraction of sp³-hybridized carbons (Fsp3) is 0.250. The molecule has 0 saturated carbocycles. The zero-order valence-corrected chi connectivity index (χ0v) is 15.4. The van der Waals surface area contributed by atoms with Crippen molar-refractivity contribution in [3.05, 3.63) is 48.8 Å². The van der Waals surface area contributed by atoms with Crippen LogP contribution >= 0.6 is 0 Å². The molecule has 0 radical (unpaired) electrons. The molecule has 0 spiro atoms. The van der Waals surface area contributed by atoms with Crippen LogP contribution in [0.15, 0.2) is 48.8 Å². The van der Waals surface area contributed by atoms with Crippen molar-refractivity contribution < 1.29 is 14.6 Å². The summed E-state index contributed by atoms with van der Waals surface area (Å²) in [4.78, 5) is 9.16. The molecule has 0 atom stereocenters. The number of para-hydroxylation sites is 1. The van der Waals surface area contributed by atoms with Crippen LogP contribution in [0.1, 0.15) is 13.8 Å². The standard InChI is InChI=1S/C20H20N4O3/c1-20(2,25)11-27-16-6-4-5-15-17(16)21-12-24-19(15)22-18(23-24)13-7-9-14(26-3)10-8-13/h4-10,12,25H,11H2,1-3H3. The summed E-state index contributed by atoms with van der Waals surface area (Å²) in [5, 5.41) is 15.3. The Bertz CT molecular complexity index is 1100. The van der Waals surface area contributed by atoms with Gasteiger partial charge in [-0.2, -0.15) is 0 Å². The summed E-state index contributed by atoms with van der Waals surface area (Å²) in [6.45, 7) is 3.57. The van der Waals surface area contributed by atoms with Gasteiger partial charge in [0.25, 0.3) is 0 Å². The van der Waals surface area contributed by atoms with Gasteiger partial charge in [-0.3, -0.25) is 0 Å². The molecule has 0 bridgehead atoms. The zero-order chi connectivity index (χ0) is 19.0. The topological polar surface area (TPSA) is 81.8 Å². The molecule has 4 rings (SSSR count). The van der Waals surface area contributed by atoms with Gasteiger partial charge in [0.15, 0.2) is 11.5 Å². The summed E-state index contributed by atoms with van der Waals surface area (Å²) in [7, 11) is 1.63. The average molecular weight is 364 g/mol. The van der Waals surface area contributed by atoms with E-state index in [1.165, 1.54) is 0 Å². The average Bonchev–Trinajstić information content (AvgIpc) is 3.10. The Hall–Kier alpha value is -3.19. The fourth-order valence-electron chi connectivity index (χ4n) is 2.77. The van der Waals surface area contributed by atoms with E-state index in [2.05, 4.69) is 15.1 Å². The van der Waals surface area contributed by atoms with Gasteiger partial charge in [-0.25, -0.2) is 14.5 Å². The normalized spacial score (nSPS) is 11.9. The van der Waals surface area contributed by atoms with Crippen molar-refractivity contribution in [3.8, 4) is 22.9 Å². The number of rotatable bonds is 5. The van der Waals surface area contributed by atoms with Crippen molar-refractivity contribution in [2.75, 3.05) is 13.7 Å². The quantitative estimate of drug-likeness (QED) is 0.586. The third kappa shape index (κ3) is 3.41. The smallest absolute Gasteiger partial charge is 0.182 e. The van der Waals surface area contributed by atoms with Gasteiger partial charge in [-0.1, -0.05) is 6.07 Å². The summed E-state index contributed by atoms with van der Waals surface area (Å²) in [6.07, 6.45) is 1.62. The monoisotopic (exact) mass is 364 g/mol. The highest BCUT2D eigenvalue weighted by Crippen LogP contribution is 2.28. The van der Waals surface area contributed by atoms with Gasteiger partial charge in [0.2, 0.25) is 0 Å². The minimum absolute atomic E-state index is 0.169. The lowest BCUT2D eigenvalue weighted by Crippen LogP contribution is -2.27. The number of methoxy groups -OCH3 is 1. The van der Waals surface area contributed by atoms with Crippen LogP contribution in [0.5, 0.6) is 11.5 Å². The summed E-state index contributed by atoms with van der Waals surface area (Å²) < 4.78 is 12.6. The van der Waals surface area contributed by atoms with E-state index < -0.39 is 5.60 Å². The molecule has 0 unspecified atom stereocenters. The highest BCUT2D eigenvalue weighted by molar-refractivity contribution is 5.95. The highest BCUT2D eigenvalue weighted by Gasteiger charge is 2.16. The van der Waals surface area contributed by atoms with Crippen LogP contribution < -0.4 is 9.47 Å². The van der Waals surface area contributed by atoms with Crippen molar-refractivity contribution in [1.29, 1.82) is 0 Å². The van der Waals surface area contributed by atoms with Crippen LogP contribution in [0.3, 0.4) is 0 Å². The maximum absolute atomic E-state index is 9.91. The van der Waals surface area contributed by atoms with E-state index in [4.69, 9.17) is 9.47 Å². The summed E-state index contributed by atoms with van der Waals surface area (Å²) in [5.74, 6) is 1.99. The largest absolute Gasteiger partial charge is 0.497 e. The van der Waals surface area contributed by atoms with Gasteiger partial charge >= 0.3 is 0 Å². The number of hydrogen-bond acceptors (Lipinski definition) is 6. The van der Waals surface area contributed by atoms with Crippen molar-refractivity contribution in [2.45, 2.75) is 19.4 Å². The Balaban J connectivity index is 1.78. The molecule has 2 heterocycles. The molecule has 0 amide bonds. The first-order valence-corrected chi connectivity index (χ1v) is 8.58. The number of nitrogens with zero attached hydrogens (tertiary/aromatic N) is 4. The number of aliphatic hydroxyl groups is 1. The van der Waals surface area contributed by atoms with Gasteiger partial charge in [0.1, 0.15) is 29.9 Å². The van der Waals surface area contributed by atoms with Gasteiger partial charge < -0.3 is 14.6 Å². The minimum atomic E-state index is -0.928. The molecule has 0 aliphatic carbocycles. The molecule has 0 aliphatic rings. The highest BCUT2D eigenvalue weighted by atomic mass is 16.5. The van der Waals surface area contributed by atoms with Crippen molar-refractivity contribution in [1.82, 2.24) is 19.6 Å². The molecule has 2 aromatic carbocycles. The molecule has 7 heteroatoms. The number of fused-ring (bicyclic) bond motifs is 3. The predicted octanol–water partition coefficient (Wildman–Crippen LogP) is 3.10. The first-order valence-electron chi connectivity index (χ1n) is 8.58. The molecule has 0 saturated heterocycles. The minimum Gasteiger partial charge on any atom is -0.497 e. The summed E-state index contributed by atoms with van der Waals surface area (Å²) >= 11 is 0. The Morgan fingerprint density at radius 3 is 2.59 bits per heavy atom. The van der Waals surface area contributed by atoms with Gasteiger partial charge in [0.05, 0.1) is 12.7 Å². The second-order valence-corrected chi connectivity index (χ2v) is 6.93. The van der Waals surface area contributed by atoms with Crippen LogP contribution in [0.25, 0.3) is 27.9 Å². The predicted molar refractivity (Wildman–Crippen MR) is 102 cm³/mol. The molecule has 0 aliphatic heterocycles. The molecule has 7 nitrogen and oxygen atoms in total. The van der Waals surface area contributed by atoms with E-state index in [0.29, 0.717) is 22.7 Å². The molecule has 138 valence electrons. The molecule has 0 fully saturated rings. The molecule has 1 N–H and O–H groups in total. The van der Waals surface area contributed by atoms with E-state index in [1.807, 2.05) is 42.5 Å². The number of benzene rings is 2.